The molecule has 0 saturated heterocycles. The summed E-state index contributed by atoms with van der Waals surface area (Å²) in [5.41, 5.74) is 20.8. The fourth-order valence-electron chi connectivity index (χ4n) is 12.7. The average Bonchev–Trinajstić information content (AvgIpc) is 3.38. The van der Waals surface area contributed by atoms with Gasteiger partial charge in [-0.15, -0.1) is 0 Å². The van der Waals surface area contributed by atoms with Gasteiger partial charge >= 0.3 is 0 Å². The smallest absolute Gasteiger partial charge is 0.269 e. The number of para-hydroxylation sites is 8. The van der Waals surface area contributed by atoms with Crippen LogP contribution in [0.15, 0.2) is 205 Å². The van der Waals surface area contributed by atoms with E-state index < -0.39 is 0 Å². The van der Waals surface area contributed by atoms with E-state index in [0.717, 1.165) is 139 Å². The zero-order chi connectivity index (χ0) is 52.6. The Bertz CT molecular complexity index is 5450. The molecule has 11 nitrogen and oxygen atoms in total. The van der Waals surface area contributed by atoms with Gasteiger partial charge in [0.1, 0.15) is 11.4 Å². The van der Waals surface area contributed by atoms with Crippen LogP contribution in [0.25, 0.3) is 139 Å². The minimum Gasteiger partial charge on any atom is -0.454 e. The minimum absolute atomic E-state index is 0.111. The number of aryl methyl sites for hydroxylation is 2. The van der Waals surface area contributed by atoms with Crippen LogP contribution in [0.3, 0.4) is 0 Å². The summed E-state index contributed by atoms with van der Waals surface area (Å²) >= 11 is 0. The number of aromatic nitrogens is 10. The van der Waals surface area contributed by atoms with Crippen LogP contribution >= 0.6 is 0 Å². The molecule has 0 aliphatic rings. The number of benzene rings is 9. The van der Waals surface area contributed by atoms with E-state index in [-0.39, 0.29) is 5.41 Å². The summed E-state index contributed by atoms with van der Waals surface area (Å²) in [6, 6.07) is 69.3. The number of fused-ring (bicyclic) bond motifs is 17. The quantitative estimate of drug-likeness (QED) is 0.127. The fourth-order valence-corrected chi connectivity index (χ4v) is 12.7. The number of hydrogen-bond acceptors (Lipinski definition) is 4. The summed E-state index contributed by atoms with van der Waals surface area (Å²) in [5, 5.41) is 4.36. The summed E-state index contributed by atoms with van der Waals surface area (Å²) in [6.07, 6.45) is 5.88. The second-order valence-corrected chi connectivity index (χ2v) is 22.1. The maximum atomic E-state index is 7.09. The van der Waals surface area contributed by atoms with Crippen molar-refractivity contribution < 1.29 is 8.98 Å². The largest absolute Gasteiger partial charge is 0.454 e. The van der Waals surface area contributed by atoms with Crippen molar-refractivity contribution in [1.29, 1.82) is 0 Å². The lowest BCUT2D eigenvalue weighted by molar-refractivity contribution is -0.571. The second kappa shape index (κ2) is 15.7. The molecule has 0 unspecified atom stereocenters. The zero-order valence-corrected chi connectivity index (χ0v) is 43.9. The van der Waals surface area contributed by atoms with Crippen LogP contribution in [0.1, 0.15) is 37.5 Å². The van der Waals surface area contributed by atoms with Crippen molar-refractivity contribution in [2.45, 2.75) is 40.0 Å². The summed E-state index contributed by atoms with van der Waals surface area (Å²) in [5.74, 6) is 2.36. The molecule has 0 aliphatic heterocycles. The van der Waals surface area contributed by atoms with Gasteiger partial charge in [-0.2, -0.15) is 0 Å². The SMILES string of the molecule is Cc1cccc2c1nc1n(-c3cc(C(C)(C)C)ccn3)c3cc4c(cc3n21)n1c2cccc(C)c2nc1n4-c1cc(-n2[c-][n+](-c3cccc4c5ccccc5n(-c5ccccc5)c34)c3ccccc32)cc2c1oc1ccccc12. The molecule has 79 heavy (non-hydrogen) atoms. The summed E-state index contributed by atoms with van der Waals surface area (Å²) < 4.78 is 23.1. The first-order valence-electron chi connectivity index (χ1n) is 26.9. The van der Waals surface area contributed by atoms with E-state index >= 15 is 0 Å². The van der Waals surface area contributed by atoms with E-state index in [1.807, 2.05) is 12.3 Å². The molecule has 0 radical (unpaired) electrons. The van der Waals surface area contributed by atoms with Crippen molar-refractivity contribution >= 4 is 110 Å². The Morgan fingerprint density at radius 3 is 1.86 bits per heavy atom. The Morgan fingerprint density at radius 1 is 0.481 bits per heavy atom. The molecule has 11 heteroatoms. The lowest BCUT2D eigenvalue weighted by Gasteiger charge is -2.19. The third-order valence-corrected chi connectivity index (χ3v) is 16.4. The number of imidazole rings is 5. The first-order valence-corrected chi connectivity index (χ1v) is 26.9. The predicted molar refractivity (Wildman–Crippen MR) is 317 cm³/mol. The molecule has 8 heterocycles. The van der Waals surface area contributed by atoms with Crippen LogP contribution in [0.4, 0.5) is 0 Å². The van der Waals surface area contributed by atoms with Crippen molar-refractivity contribution in [3.8, 4) is 28.6 Å². The van der Waals surface area contributed by atoms with E-state index in [9.17, 15) is 0 Å². The predicted octanol–water partition coefficient (Wildman–Crippen LogP) is 15.5. The van der Waals surface area contributed by atoms with Crippen LogP contribution in [0, 0.1) is 20.2 Å². The van der Waals surface area contributed by atoms with E-state index in [1.165, 1.54) is 16.3 Å². The maximum Gasteiger partial charge on any atom is 0.269 e. The highest BCUT2D eigenvalue weighted by Gasteiger charge is 2.28. The third kappa shape index (κ3) is 6.01. The lowest BCUT2D eigenvalue weighted by Crippen LogP contribution is -2.30. The Kier molecular flexibility index (Phi) is 8.72. The number of hydrogen-bond donors (Lipinski definition) is 0. The average molecular weight is 1020 g/mol. The Labute approximate surface area is 451 Å². The lowest BCUT2D eigenvalue weighted by atomic mass is 9.88. The van der Waals surface area contributed by atoms with Gasteiger partial charge in [0.05, 0.1) is 83.3 Å². The van der Waals surface area contributed by atoms with Crippen molar-refractivity contribution in [3.05, 3.63) is 223 Å². The van der Waals surface area contributed by atoms with Gasteiger partial charge in [-0.05, 0) is 115 Å². The highest BCUT2D eigenvalue weighted by Crippen LogP contribution is 2.42. The van der Waals surface area contributed by atoms with Crippen molar-refractivity contribution in [3.63, 3.8) is 0 Å². The molecule has 0 atom stereocenters. The van der Waals surface area contributed by atoms with E-state index in [2.05, 4.69) is 261 Å². The Morgan fingerprint density at radius 2 is 1.10 bits per heavy atom. The van der Waals surface area contributed by atoms with E-state index in [4.69, 9.17) is 19.4 Å². The normalized spacial score (nSPS) is 12.6. The molecule has 17 rings (SSSR count). The van der Waals surface area contributed by atoms with Gasteiger partial charge in [-0.25, -0.2) is 15.0 Å². The zero-order valence-electron chi connectivity index (χ0n) is 43.9. The molecule has 0 spiro atoms. The molecule has 0 amide bonds. The highest BCUT2D eigenvalue weighted by molar-refractivity contribution is 6.12. The third-order valence-electron chi connectivity index (χ3n) is 16.4. The van der Waals surface area contributed by atoms with Crippen molar-refractivity contribution in [2.75, 3.05) is 0 Å². The summed E-state index contributed by atoms with van der Waals surface area (Å²) in [7, 11) is 0. The van der Waals surface area contributed by atoms with Gasteiger partial charge in [-0.3, -0.25) is 27.1 Å². The molecule has 0 aliphatic carbocycles. The van der Waals surface area contributed by atoms with Gasteiger partial charge < -0.3 is 8.98 Å². The molecule has 0 bridgehead atoms. The topological polar surface area (TPSA) is 84.2 Å². The number of furan rings is 1. The Hall–Kier alpha value is -10.3. The van der Waals surface area contributed by atoms with Crippen LogP contribution in [0.2, 0.25) is 0 Å². The van der Waals surface area contributed by atoms with Crippen LogP contribution in [-0.2, 0) is 5.41 Å². The summed E-state index contributed by atoms with van der Waals surface area (Å²) in [6.45, 7) is 11.0. The monoisotopic (exact) mass is 1020 g/mol. The van der Waals surface area contributed by atoms with Gasteiger partial charge in [-0.1, -0.05) is 136 Å². The standard InChI is InChI=1S/C68H48N10O/c1-40-18-15-28-52-62(40)70-66-75(52)55-37-57-58(78(61-34-42(32-33-69-61)68(3,4)5)67-71-63-41(2)19-16-29-53(63)76(57)67)38-56(55)77(66)59-36-44(35-48-46-23-10-14-31-60(46)79-65(48)59)72-39-73(51-27-13-12-26-50(51)72)54-30-17-24-47-45-22-9-11-25-49(45)74(64(47)54)43-20-7-6-8-21-43/h6-38H,1-5H3. The number of rotatable bonds is 5. The van der Waals surface area contributed by atoms with Gasteiger partial charge in [0, 0.05) is 33.4 Å². The summed E-state index contributed by atoms with van der Waals surface area (Å²) in [4.78, 5) is 16.1. The minimum atomic E-state index is -0.111. The van der Waals surface area contributed by atoms with Crippen molar-refractivity contribution in [2.24, 2.45) is 0 Å². The van der Waals surface area contributed by atoms with Crippen LogP contribution < -0.4 is 4.57 Å². The van der Waals surface area contributed by atoms with Gasteiger partial charge in [0.2, 0.25) is 11.6 Å². The van der Waals surface area contributed by atoms with Gasteiger partial charge in [0.15, 0.2) is 5.58 Å². The molecule has 0 N–H and O–H groups in total. The molecule has 8 aromatic heterocycles. The first kappa shape index (κ1) is 43.9. The molecule has 376 valence electrons. The Balaban J connectivity index is 0.995. The molecular weight excluding hydrogens is 973 g/mol. The van der Waals surface area contributed by atoms with Crippen molar-refractivity contribution in [1.82, 2.24) is 42.0 Å². The fraction of sp³-hybridized carbons (Fsp3) is 0.0882. The second-order valence-electron chi connectivity index (χ2n) is 22.1. The number of pyridine rings is 1. The molecule has 17 aromatic rings. The van der Waals surface area contributed by atoms with E-state index in [0.29, 0.717) is 0 Å². The van der Waals surface area contributed by atoms with Crippen LogP contribution in [-0.4, -0.2) is 42.0 Å². The number of nitrogens with zero attached hydrogens (tertiary/aromatic N) is 10. The van der Waals surface area contributed by atoms with E-state index in [1.54, 1.807) is 0 Å². The molecule has 0 saturated carbocycles. The highest BCUT2D eigenvalue weighted by atomic mass is 16.3. The van der Waals surface area contributed by atoms with Gasteiger partial charge in [0.25, 0.3) is 6.33 Å². The molecular formula is C68H48N10O. The first-order chi connectivity index (χ1) is 38.7. The molecule has 9 aromatic carbocycles. The molecule has 0 fully saturated rings. The maximum absolute atomic E-state index is 7.09. The van der Waals surface area contributed by atoms with Crippen LogP contribution in [0.5, 0.6) is 0 Å².